The van der Waals surface area contributed by atoms with Crippen LogP contribution in [-0.4, -0.2) is 34.0 Å². The lowest BCUT2D eigenvalue weighted by Crippen LogP contribution is -2.07. The van der Waals surface area contributed by atoms with Crippen molar-refractivity contribution < 1.29 is 23.4 Å². The Kier molecular flexibility index (Phi) is 6.47. The van der Waals surface area contributed by atoms with Gasteiger partial charge in [0.25, 0.3) is 0 Å². The van der Waals surface area contributed by atoms with Crippen molar-refractivity contribution in [3.8, 4) is 28.0 Å². The molecule has 11 heteroatoms. The normalized spacial score (nSPS) is 11.5. The molecule has 0 aliphatic heterocycles. The lowest BCUT2D eigenvalue weighted by molar-refractivity contribution is 0.103. The molecule has 4 N–H and O–H groups in total. The smallest absolute Gasteiger partial charge is 0.242 e. The van der Waals surface area contributed by atoms with Crippen LogP contribution in [0.15, 0.2) is 88.1 Å². The second-order valence-electron chi connectivity index (χ2n) is 8.42. The number of halogens is 1. The van der Waals surface area contributed by atoms with E-state index in [2.05, 4.69) is 4.98 Å². The highest BCUT2D eigenvalue weighted by molar-refractivity contribution is 7.93. The van der Waals surface area contributed by atoms with Gasteiger partial charge >= 0.3 is 0 Å². The molecule has 5 aromatic rings. The summed E-state index contributed by atoms with van der Waals surface area (Å²) in [4.78, 5) is 18.1. The van der Waals surface area contributed by atoms with Crippen LogP contribution in [0.25, 0.3) is 16.4 Å². The minimum atomic E-state index is -3.90. The molecule has 0 aliphatic rings. The Bertz CT molecular complexity index is 1810. The molecule has 2 aromatic heterocycles. The van der Waals surface area contributed by atoms with Crippen LogP contribution in [0.2, 0.25) is 5.02 Å². The maximum absolute atomic E-state index is 13.8. The van der Waals surface area contributed by atoms with Crippen molar-refractivity contribution in [2.75, 3.05) is 5.73 Å². The highest BCUT2D eigenvalue weighted by atomic mass is 35.5. The molecule has 38 heavy (non-hydrogen) atoms. The van der Waals surface area contributed by atoms with Crippen LogP contribution in [0.4, 0.5) is 5.69 Å². The third kappa shape index (κ3) is 4.32. The number of hydrogen-bond acceptors (Lipinski definition) is 8. The zero-order valence-corrected chi connectivity index (χ0v) is 22.2. The largest absolute Gasteiger partial charge is 0.503 e. The predicted molar refractivity (Wildman–Crippen MR) is 146 cm³/mol. The fourth-order valence-corrected chi connectivity index (χ4v) is 6.87. The number of anilines is 1. The van der Waals surface area contributed by atoms with E-state index >= 15 is 0 Å². The number of aryl methyl sites for hydroxylation is 1. The van der Waals surface area contributed by atoms with Gasteiger partial charge in [0.1, 0.15) is 4.21 Å². The molecular weight excluding hydrogens is 546 g/mol. The SMILES string of the molecule is Cc1cc(N)ccc1C(=O)c1c(O)c(O)n(-c2ncc(S(=O)(=O)c3ccccc3)s2)c1-c1cccc(Cl)c1. The van der Waals surface area contributed by atoms with Crippen LogP contribution in [-0.2, 0) is 9.84 Å². The van der Waals surface area contributed by atoms with E-state index in [1.807, 2.05) is 0 Å². The molecule has 0 fully saturated rings. The molecule has 3 aromatic carbocycles. The molecular formula is C27H20ClN3O5S2. The minimum absolute atomic E-state index is 0.0235. The first-order chi connectivity index (χ1) is 18.1. The lowest BCUT2D eigenvalue weighted by Gasteiger charge is -2.11. The number of aromatic nitrogens is 2. The highest BCUT2D eigenvalue weighted by Gasteiger charge is 2.32. The molecule has 0 bridgehead atoms. The standard InChI is InChI=1S/C27H20ClN3O5S2/c1-15-12-18(29)10-11-20(15)24(32)22-23(16-6-5-7-17(28)13-16)31(26(34)25(22)33)27-30-14-21(37-27)38(35,36)19-8-3-2-4-9-19/h2-14,33-34H,29H2,1H3. The first kappa shape index (κ1) is 25.5. The van der Waals surface area contributed by atoms with Crippen LogP contribution in [0, 0.1) is 6.92 Å². The predicted octanol–water partition coefficient (Wildman–Crippen LogP) is 5.62. The van der Waals surface area contributed by atoms with Crippen molar-refractivity contribution in [3.05, 3.63) is 101 Å². The number of ketones is 1. The van der Waals surface area contributed by atoms with Gasteiger partial charge < -0.3 is 15.9 Å². The van der Waals surface area contributed by atoms with Crippen molar-refractivity contribution in [2.45, 2.75) is 16.0 Å². The Morgan fingerprint density at radius 1 is 1.03 bits per heavy atom. The van der Waals surface area contributed by atoms with Gasteiger partial charge in [0.2, 0.25) is 15.7 Å². The van der Waals surface area contributed by atoms with Crippen LogP contribution in [0.3, 0.4) is 0 Å². The van der Waals surface area contributed by atoms with E-state index in [0.717, 1.165) is 15.9 Å². The van der Waals surface area contributed by atoms with Crippen LogP contribution >= 0.6 is 22.9 Å². The number of rotatable bonds is 6. The van der Waals surface area contributed by atoms with E-state index in [0.29, 0.717) is 21.8 Å². The van der Waals surface area contributed by atoms with Gasteiger partial charge in [-0.15, -0.1) is 0 Å². The lowest BCUT2D eigenvalue weighted by atomic mass is 9.96. The van der Waals surface area contributed by atoms with Crippen molar-refractivity contribution in [3.63, 3.8) is 0 Å². The number of aromatic hydroxyl groups is 2. The third-order valence-corrected chi connectivity index (χ3v) is 9.37. The number of benzene rings is 3. The third-order valence-electron chi connectivity index (χ3n) is 5.92. The minimum Gasteiger partial charge on any atom is -0.503 e. The molecule has 0 saturated carbocycles. The first-order valence-electron chi connectivity index (χ1n) is 11.2. The van der Waals surface area contributed by atoms with E-state index in [-0.39, 0.29) is 31.1 Å². The number of hydrogen-bond donors (Lipinski definition) is 3. The maximum Gasteiger partial charge on any atom is 0.242 e. The molecule has 192 valence electrons. The Morgan fingerprint density at radius 2 is 1.76 bits per heavy atom. The average Bonchev–Trinajstić information content (AvgIpc) is 3.48. The summed E-state index contributed by atoms with van der Waals surface area (Å²) in [5.74, 6) is -1.92. The van der Waals surface area contributed by atoms with Crippen molar-refractivity contribution in [1.82, 2.24) is 9.55 Å². The molecule has 0 amide bonds. The van der Waals surface area contributed by atoms with Crippen molar-refractivity contribution >= 4 is 44.2 Å². The van der Waals surface area contributed by atoms with Crippen molar-refractivity contribution in [2.24, 2.45) is 0 Å². The number of nitrogens with zero attached hydrogens (tertiary/aromatic N) is 2. The molecule has 0 aliphatic carbocycles. The number of thiazole rings is 1. The number of carbonyl (C=O) groups excluding carboxylic acids is 1. The number of sulfone groups is 1. The zero-order chi connectivity index (χ0) is 27.2. The van der Waals surface area contributed by atoms with E-state index in [9.17, 15) is 23.4 Å². The summed E-state index contributed by atoms with van der Waals surface area (Å²) in [6.45, 7) is 1.71. The number of carbonyl (C=O) groups is 1. The van der Waals surface area contributed by atoms with Gasteiger partial charge in [-0.1, -0.05) is 53.3 Å². The first-order valence-corrected chi connectivity index (χ1v) is 13.9. The molecule has 5 rings (SSSR count). The van der Waals surface area contributed by atoms with Gasteiger partial charge in [0.05, 0.1) is 22.3 Å². The Hall–Kier alpha value is -4.12. The molecule has 0 saturated heterocycles. The van der Waals surface area contributed by atoms with E-state index < -0.39 is 27.2 Å². The zero-order valence-electron chi connectivity index (χ0n) is 19.8. The Balaban J connectivity index is 1.75. The van der Waals surface area contributed by atoms with E-state index in [4.69, 9.17) is 17.3 Å². The highest BCUT2D eigenvalue weighted by Crippen LogP contribution is 2.45. The molecule has 0 spiro atoms. The second-order valence-corrected chi connectivity index (χ2v) is 12.0. The van der Waals surface area contributed by atoms with Gasteiger partial charge in [0, 0.05) is 21.8 Å². The van der Waals surface area contributed by atoms with Crippen molar-refractivity contribution in [1.29, 1.82) is 0 Å². The van der Waals surface area contributed by atoms with Gasteiger partial charge in [0.15, 0.2) is 16.7 Å². The van der Waals surface area contributed by atoms with Gasteiger partial charge in [-0.3, -0.25) is 9.36 Å². The number of nitrogen functional groups attached to an aromatic ring is 1. The summed E-state index contributed by atoms with van der Waals surface area (Å²) in [7, 11) is -3.90. The number of nitrogens with two attached hydrogens (primary N) is 1. The molecule has 0 unspecified atom stereocenters. The van der Waals surface area contributed by atoms with Gasteiger partial charge in [-0.2, -0.15) is 0 Å². The fourth-order valence-electron chi connectivity index (χ4n) is 4.13. The van der Waals surface area contributed by atoms with Crippen LogP contribution < -0.4 is 5.73 Å². The monoisotopic (exact) mass is 565 g/mol. The maximum atomic E-state index is 13.8. The van der Waals surface area contributed by atoms with E-state index in [1.54, 1.807) is 61.5 Å². The molecule has 8 nitrogen and oxygen atoms in total. The topological polar surface area (TPSA) is 136 Å². The average molecular weight is 566 g/mol. The quantitative estimate of drug-likeness (QED) is 0.179. The summed E-state index contributed by atoms with van der Waals surface area (Å²) in [6, 6.07) is 19.1. The van der Waals surface area contributed by atoms with Gasteiger partial charge in [-0.05, 0) is 55.0 Å². The summed E-state index contributed by atoms with van der Waals surface area (Å²) in [5, 5.41) is 22.4. The summed E-state index contributed by atoms with van der Waals surface area (Å²) < 4.78 is 27.4. The Labute approximate surface area is 227 Å². The summed E-state index contributed by atoms with van der Waals surface area (Å²) >= 11 is 7.02. The summed E-state index contributed by atoms with van der Waals surface area (Å²) in [6.07, 6.45) is 1.17. The van der Waals surface area contributed by atoms with E-state index in [1.165, 1.54) is 24.4 Å². The summed E-state index contributed by atoms with van der Waals surface area (Å²) in [5.41, 5.74) is 7.45. The molecule has 0 atom stereocenters. The van der Waals surface area contributed by atoms with Gasteiger partial charge in [-0.25, -0.2) is 13.4 Å². The molecule has 2 heterocycles. The second kappa shape index (κ2) is 9.64. The van der Waals surface area contributed by atoms with Crippen LogP contribution in [0.1, 0.15) is 21.5 Å². The molecule has 0 radical (unpaired) electrons. The Morgan fingerprint density at radius 3 is 2.45 bits per heavy atom. The fraction of sp³-hybridized carbons (Fsp3) is 0.0370. The van der Waals surface area contributed by atoms with Crippen LogP contribution in [0.5, 0.6) is 11.6 Å².